The largest absolute Gasteiger partial charge is 0.498 e. The normalized spacial score (nSPS) is 24.4. The van der Waals surface area contributed by atoms with Gasteiger partial charge in [-0.1, -0.05) is 26.0 Å². The Balaban J connectivity index is 1.49. The summed E-state index contributed by atoms with van der Waals surface area (Å²) >= 11 is 0. The first-order valence-electron chi connectivity index (χ1n) is 12.1. The van der Waals surface area contributed by atoms with Crippen LogP contribution in [0.25, 0.3) is 0 Å². The van der Waals surface area contributed by atoms with Crippen LogP contribution in [0.1, 0.15) is 49.0 Å². The van der Waals surface area contributed by atoms with Crippen LogP contribution in [0, 0.1) is 17.3 Å². The Morgan fingerprint density at radius 3 is 2.64 bits per heavy atom. The summed E-state index contributed by atoms with van der Waals surface area (Å²) in [5, 5.41) is 14.8. The standard InChI is InChI=1S/C28H32N2O6/c1-17-22(24-8-5-13-36-24)16-28(17,2)27(34)30-23-15-20(35-3)10-11-21(23)26(33)29-19-7-4-6-18(14-19)9-12-25(31)32/h4-7,10-11,13-15,17,22,24H,8-9,12,16H2,1-3H3,(H,29,33)(H,30,34)(H,31,32)/t17-,22-,24?,28+/m0/s1. The van der Waals surface area contributed by atoms with Gasteiger partial charge in [-0.15, -0.1) is 0 Å². The molecule has 0 spiro atoms. The minimum atomic E-state index is -0.878. The van der Waals surface area contributed by atoms with Crippen molar-refractivity contribution < 1.29 is 29.0 Å². The number of aryl methyl sites for hydroxylation is 1. The molecular weight excluding hydrogens is 460 g/mol. The van der Waals surface area contributed by atoms with E-state index in [4.69, 9.17) is 14.6 Å². The Kier molecular flexibility index (Phi) is 7.33. The number of rotatable bonds is 9. The second kappa shape index (κ2) is 10.4. The summed E-state index contributed by atoms with van der Waals surface area (Å²) in [6, 6.07) is 12.0. The molecule has 2 amide bonds. The fraction of sp³-hybridized carbons (Fsp3) is 0.393. The van der Waals surface area contributed by atoms with Crippen LogP contribution in [0.3, 0.4) is 0 Å². The summed E-state index contributed by atoms with van der Waals surface area (Å²) in [6.07, 6.45) is 5.80. The molecular formula is C28H32N2O6. The Labute approximate surface area is 210 Å². The molecule has 0 saturated heterocycles. The van der Waals surface area contributed by atoms with Gasteiger partial charge in [0.15, 0.2) is 0 Å². The van der Waals surface area contributed by atoms with E-state index in [9.17, 15) is 14.4 Å². The molecule has 0 bridgehead atoms. The summed E-state index contributed by atoms with van der Waals surface area (Å²) in [6.45, 7) is 4.03. The molecule has 1 aliphatic heterocycles. The maximum atomic E-state index is 13.4. The van der Waals surface area contributed by atoms with Gasteiger partial charge in [0, 0.05) is 30.5 Å². The smallest absolute Gasteiger partial charge is 0.303 e. The number of carboxylic acids is 1. The molecule has 2 aromatic rings. The third-order valence-corrected chi connectivity index (χ3v) is 7.55. The zero-order valence-corrected chi connectivity index (χ0v) is 20.7. The van der Waals surface area contributed by atoms with E-state index in [2.05, 4.69) is 17.6 Å². The lowest BCUT2D eigenvalue weighted by atomic mass is 9.53. The van der Waals surface area contributed by atoms with Gasteiger partial charge in [0.2, 0.25) is 5.91 Å². The predicted octanol–water partition coefficient (Wildman–Crippen LogP) is 4.87. The number of amides is 2. The maximum absolute atomic E-state index is 13.4. The number of carboxylic acid groups (broad SMARTS) is 1. The van der Waals surface area contributed by atoms with E-state index in [-0.39, 0.29) is 24.3 Å². The molecule has 4 atom stereocenters. The number of hydrogen-bond acceptors (Lipinski definition) is 5. The molecule has 1 heterocycles. The number of ether oxygens (including phenoxy) is 2. The van der Waals surface area contributed by atoms with Gasteiger partial charge in [0.25, 0.3) is 5.91 Å². The molecule has 1 aliphatic carbocycles. The highest BCUT2D eigenvalue weighted by Crippen LogP contribution is 2.54. The molecule has 190 valence electrons. The number of nitrogens with one attached hydrogen (secondary N) is 2. The van der Waals surface area contributed by atoms with Gasteiger partial charge < -0.3 is 25.2 Å². The average molecular weight is 493 g/mol. The average Bonchev–Trinajstić information content (AvgIpc) is 3.40. The minimum absolute atomic E-state index is 0.00743. The fourth-order valence-corrected chi connectivity index (χ4v) is 5.07. The number of carbonyl (C=O) groups is 3. The fourth-order valence-electron chi connectivity index (χ4n) is 5.07. The number of aliphatic carboxylic acids is 1. The van der Waals surface area contributed by atoms with E-state index in [0.29, 0.717) is 41.4 Å². The summed E-state index contributed by atoms with van der Waals surface area (Å²) in [5.74, 6) is -0.464. The van der Waals surface area contributed by atoms with E-state index in [0.717, 1.165) is 12.0 Å². The molecule has 4 rings (SSSR count). The number of methoxy groups -OCH3 is 1. The van der Waals surface area contributed by atoms with Crippen LogP contribution < -0.4 is 15.4 Å². The van der Waals surface area contributed by atoms with Gasteiger partial charge in [0.1, 0.15) is 11.9 Å². The first kappa shape index (κ1) is 25.3. The first-order chi connectivity index (χ1) is 17.2. The second-order valence-corrected chi connectivity index (χ2v) is 9.77. The van der Waals surface area contributed by atoms with E-state index in [1.54, 1.807) is 42.7 Å². The van der Waals surface area contributed by atoms with Crippen molar-refractivity contribution in [3.63, 3.8) is 0 Å². The predicted molar refractivity (Wildman–Crippen MR) is 136 cm³/mol. The lowest BCUT2D eigenvalue weighted by Gasteiger charge is -2.52. The van der Waals surface area contributed by atoms with Crippen LogP contribution in [0.2, 0.25) is 0 Å². The van der Waals surface area contributed by atoms with Crippen molar-refractivity contribution in [1.29, 1.82) is 0 Å². The van der Waals surface area contributed by atoms with Crippen molar-refractivity contribution in [2.75, 3.05) is 17.7 Å². The van der Waals surface area contributed by atoms with Gasteiger partial charge in [-0.3, -0.25) is 14.4 Å². The number of carbonyl (C=O) groups excluding carboxylic acids is 2. The molecule has 8 heteroatoms. The van der Waals surface area contributed by atoms with E-state index >= 15 is 0 Å². The van der Waals surface area contributed by atoms with Crippen LogP contribution in [0.4, 0.5) is 11.4 Å². The lowest BCUT2D eigenvalue weighted by molar-refractivity contribution is -0.146. The van der Waals surface area contributed by atoms with Gasteiger partial charge in [-0.2, -0.15) is 0 Å². The zero-order chi connectivity index (χ0) is 25.9. The Morgan fingerprint density at radius 1 is 1.17 bits per heavy atom. The van der Waals surface area contributed by atoms with Crippen molar-refractivity contribution in [3.05, 3.63) is 65.9 Å². The molecule has 1 fully saturated rings. The molecule has 2 aromatic carbocycles. The number of anilines is 2. The van der Waals surface area contributed by atoms with Crippen LogP contribution in [-0.4, -0.2) is 36.1 Å². The SMILES string of the molecule is COc1ccc(C(=O)Nc2cccc(CCC(=O)O)c2)c(NC(=O)[C@]2(C)C[C@H](C3CC=CO3)[C@@H]2C)c1. The van der Waals surface area contributed by atoms with Crippen molar-refractivity contribution in [1.82, 2.24) is 0 Å². The van der Waals surface area contributed by atoms with Crippen LogP contribution in [0.15, 0.2) is 54.8 Å². The molecule has 0 aromatic heterocycles. The molecule has 1 unspecified atom stereocenters. The monoisotopic (exact) mass is 492 g/mol. The van der Waals surface area contributed by atoms with Crippen LogP contribution in [0.5, 0.6) is 5.75 Å². The van der Waals surface area contributed by atoms with Gasteiger partial charge in [0.05, 0.1) is 30.0 Å². The van der Waals surface area contributed by atoms with Crippen molar-refractivity contribution in [2.45, 2.75) is 45.6 Å². The first-order valence-corrected chi connectivity index (χ1v) is 12.1. The van der Waals surface area contributed by atoms with Crippen LogP contribution in [-0.2, 0) is 20.7 Å². The summed E-state index contributed by atoms with van der Waals surface area (Å²) in [4.78, 5) is 37.5. The molecule has 2 aliphatic rings. The summed E-state index contributed by atoms with van der Waals surface area (Å²) in [5.41, 5.74) is 1.45. The summed E-state index contributed by atoms with van der Waals surface area (Å²) < 4.78 is 11.0. The topological polar surface area (TPSA) is 114 Å². The maximum Gasteiger partial charge on any atom is 0.303 e. The van der Waals surface area contributed by atoms with E-state index in [1.807, 2.05) is 19.1 Å². The highest BCUT2D eigenvalue weighted by Gasteiger charge is 2.55. The number of hydrogen-bond donors (Lipinski definition) is 3. The quantitative estimate of drug-likeness (QED) is 0.460. The molecule has 1 saturated carbocycles. The third-order valence-electron chi connectivity index (χ3n) is 7.55. The van der Waals surface area contributed by atoms with Crippen molar-refractivity contribution >= 4 is 29.2 Å². The van der Waals surface area contributed by atoms with E-state index < -0.39 is 17.3 Å². The van der Waals surface area contributed by atoms with E-state index in [1.165, 1.54) is 7.11 Å². The second-order valence-electron chi connectivity index (χ2n) is 9.77. The van der Waals surface area contributed by atoms with Crippen LogP contribution >= 0.6 is 0 Å². The lowest BCUT2D eigenvalue weighted by Crippen LogP contribution is -2.55. The van der Waals surface area contributed by atoms with Gasteiger partial charge in [-0.25, -0.2) is 0 Å². The van der Waals surface area contributed by atoms with Crippen molar-refractivity contribution in [3.8, 4) is 5.75 Å². The summed E-state index contributed by atoms with van der Waals surface area (Å²) in [7, 11) is 1.53. The van der Waals surface area contributed by atoms with Gasteiger partial charge in [-0.05, 0) is 54.7 Å². The zero-order valence-electron chi connectivity index (χ0n) is 20.7. The van der Waals surface area contributed by atoms with Gasteiger partial charge >= 0.3 is 5.97 Å². The molecule has 3 N–H and O–H groups in total. The molecule has 0 radical (unpaired) electrons. The molecule has 8 nitrogen and oxygen atoms in total. The Morgan fingerprint density at radius 2 is 1.97 bits per heavy atom. The molecule has 36 heavy (non-hydrogen) atoms. The highest BCUT2D eigenvalue weighted by atomic mass is 16.5. The number of benzene rings is 2. The Hall–Kier alpha value is -3.81. The van der Waals surface area contributed by atoms with Crippen molar-refractivity contribution in [2.24, 2.45) is 17.3 Å². The minimum Gasteiger partial charge on any atom is -0.498 e. The third kappa shape index (κ3) is 5.22. The Bertz CT molecular complexity index is 1180. The highest BCUT2D eigenvalue weighted by molar-refractivity contribution is 6.11.